The first-order valence-electron chi connectivity index (χ1n) is 14.4. The van der Waals surface area contributed by atoms with Gasteiger partial charge in [-0.05, 0) is 28.8 Å². The molecule has 0 bridgehead atoms. The summed E-state index contributed by atoms with van der Waals surface area (Å²) in [6.07, 6.45) is -1.48. The number of ether oxygens (including phenoxy) is 2. The fourth-order valence-electron chi connectivity index (χ4n) is 4.96. The Balaban J connectivity index is 1.69. The smallest absolute Gasteiger partial charge is 0.480 e. The molecule has 0 fully saturated rings. The normalized spacial score (nSPS) is 12.1. The van der Waals surface area contributed by atoms with Crippen molar-refractivity contribution in [1.29, 1.82) is 0 Å². The molecule has 0 aromatic heterocycles. The van der Waals surface area contributed by atoms with Crippen molar-refractivity contribution in [1.82, 2.24) is 4.90 Å². The van der Waals surface area contributed by atoms with Gasteiger partial charge in [0.2, 0.25) is 5.91 Å². The number of anilines is 1. The van der Waals surface area contributed by atoms with E-state index in [9.17, 15) is 24.3 Å². The van der Waals surface area contributed by atoms with Gasteiger partial charge >= 0.3 is 18.1 Å². The zero-order valence-corrected chi connectivity index (χ0v) is 24.6. The molecule has 0 spiro atoms. The molecule has 10 heteroatoms. The highest BCUT2D eigenvalue weighted by Crippen LogP contribution is 2.24. The van der Waals surface area contributed by atoms with E-state index in [4.69, 9.17) is 15.2 Å². The number of para-hydroxylation sites is 1. The van der Waals surface area contributed by atoms with Gasteiger partial charge in [0.25, 0.3) is 0 Å². The van der Waals surface area contributed by atoms with Gasteiger partial charge in [0, 0.05) is 25.2 Å². The lowest BCUT2D eigenvalue weighted by molar-refractivity contribution is -0.147. The number of benzene rings is 4. The first-order chi connectivity index (χ1) is 21.8. The molecule has 0 aliphatic rings. The quantitative estimate of drug-likeness (QED) is 0.144. The van der Waals surface area contributed by atoms with E-state index >= 15 is 0 Å². The Kier molecular flexibility index (Phi) is 11.8. The maximum absolute atomic E-state index is 13.9. The highest BCUT2D eigenvalue weighted by atomic mass is 16.7. The summed E-state index contributed by atoms with van der Waals surface area (Å²) >= 11 is 0. The molecule has 0 heterocycles. The Morgan fingerprint density at radius 1 is 0.667 bits per heavy atom. The van der Waals surface area contributed by atoms with Crippen LogP contribution in [0.1, 0.15) is 23.1 Å². The predicted molar refractivity (Wildman–Crippen MR) is 168 cm³/mol. The van der Waals surface area contributed by atoms with Crippen LogP contribution >= 0.6 is 0 Å². The number of nitrogens with zero attached hydrogens (tertiary/aromatic N) is 2. The molecule has 2 atom stereocenters. The Hall–Kier alpha value is -5.48. The first-order valence-corrected chi connectivity index (χ1v) is 14.4. The molecule has 1 unspecified atom stereocenters. The van der Waals surface area contributed by atoms with E-state index in [1.54, 1.807) is 59.5 Å². The molecule has 4 aromatic rings. The van der Waals surface area contributed by atoms with Crippen molar-refractivity contribution in [3.05, 3.63) is 138 Å². The largest absolute Gasteiger partial charge is 0.516 e. The highest BCUT2D eigenvalue weighted by Gasteiger charge is 2.37. The van der Waals surface area contributed by atoms with Gasteiger partial charge in [-0.2, -0.15) is 0 Å². The van der Waals surface area contributed by atoms with Gasteiger partial charge in [-0.15, -0.1) is 0 Å². The molecule has 3 N–H and O–H groups in total. The predicted octanol–water partition coefficient (Wildman–Crippen LogP) is 4.77. The number of hydrogen-bond acceptors (Lipinski definition) is 8. The van der Waals surface area contributed by atoms with Crippen molar-refractivity contribution >= 4 is 29.7 Å². The number of aliphatic carboxylic acids is 1. The fraction of sp³-hybridized carbons (Fsp3) is 0.200. The van der Waals surface area contributed by atoms with Crippen molar-refractivity contribution in [2.75, 3.05) is 11.4 Å². The average molecular weight is 610 g/mol. The lowest BCUT2D eigenvalue weighted by Gasteiger charge is -2.36. The summed E-state index contributed by atoms with van der Waals surface area (Å²) in [7, 11) is 0. The van der Waals surface area contributed by atoms with Gasteiger partial charge in [-0.3, -0.25) is 14.5 Å². The van der Waals surface area contributed by atoms with Crippen LogP contribution in [0, 0.1) is 0 Å². The summed E-state index contributed by atoms with van der Waals surface area (Å²) in [5.74, 6) is -3.00. The summed E-state index contributed by atoms with van der Waals surface area (Å²) in [5, 5.41) is 9.73. The third kappa shape index (κ3) is 10.0. The lowest BCUT2D eigenvalue weighted by Crippen LogP contribution is -2.53. The SMILES string of the molecule is NC(=O)C(C[C@@H](C(=O)OC(=O)OCc1ccccc1)N(Cc1ccccc1)Cc1ccccc1)N(CC(=O)O)c1ccccc1. The van der Waals surface area contributed by atoms with Crippen LogP contribution in [0.5, 0.6) is 0 Å². The molecule has 232 valence electrons. The van der Waals surface area contributed by atoms with E-state index in [0.29, 0.717) is 11.3 Å². The van der Waals surface area contributed by atoms with Gasteiger partial charge in [0.05, 0.1) is 0 Å². The van der Waals surface area contributed by atoms with E-state index in [-0.39, 0.29) is 26.1 Å². The second kappa shape index (κ2) is 16.4. The third-order valence-corrected chi connectivity index (χ3v) is 7.10. The van der Waals surface area contributed by atoms with Crippen LogP contribution in [0.25, 0.3) is 0 Å². The zero-order valence-electron chi connectivity index (χ0n) is 24.6. The minimum absolute atomic E-state index is 0.111. The average Bonchev–Trinajstić information content (AvgIpc) is 3.05. The first kappa shape index (κ1) is 32.4. The summed E-state index contributed by atoms with van der Waals surface area (Å²) in [4.78, 5) is 54.6. The van der Waals surface area contributed by atoms with Crippen molar-refractivity contribution in [3.8, 4) is 0 Å². The van der Waals surface area contributed by atoms with Crippen LogP contribution in [0.4, 0.5) is 10.5 Å². The fourth-order valence-corrected chi connectivity index (χ4v) is 4.96. The van der Waals surface area contributed by atoms with Crippen molar-refractivity contribution in [3.63, 3.8) is 0 Å². The van der Waals surface area contributed by atoms with Crippen LogP contribution in [0.15, 0.2) is 121 Å². The summed E-state index contributed by atoms with van der Waals surface area (Å²) < 4.78 is 10.4. The van der Waals surface area contributed by atoms with E-state index in [0.717, 1.165) is 11.1 Å². The molecule has 10 nitrogen and oxygen atoms in total. The molecule has 0 aliphatic carbocycles. The summed E-state index contributed by atoms with van der Waals surface area (Å²) in [5.41, 5.74) is 8.73. The number of hydrogen-bond donors (Lipinski definition) is 2. The Labute approximate surface area is 261 Å². The van der Waals surface area contributed by atoms with Crippen LogP contribution < -0.4 is 10.6 Å². The van der Waals surface area contributed by atoms with Crippen molar-refractivity contribution in [2.45, 2.75) is 38.2 Å². The van der Waals surface area contributed by atoms with Crippen molar-refractivity contribution < 1.29 is 33.8 Å². The number of nitrogens with two attached hydrogens (primary N) is 1. The third-order valence-electron chi connectivity index (χ3n) is 7.10. The van der Waals surface area contributed by atoms with Crippen LogP contribution in [-0.2, 0) is 43.6 Å². The van der Waals surface area contributed by atoms with E-state index in [1.165, 1.54) is 4.90 Å². The van der Waals surface area contributed by atoms with E-state index in [1.807, 2.05) is 66.7 Å². The molecular weight excluding hydrogens is 574 g/mol. The monoisotopic (exact) mass is 609 g/mol. The maximum atomic E-state index is 13.9. The topological polar surface area (TPSA) is 139 Å². The summed E-state index contributed by atoms with van der Waals surface area (Å²) in [6.45, 7) is -0.190. The maximum Gasteiger partial charge on any atom is 0.516 e. The molecule has 0 saturated carbocycles. The number of carboxylic acids is 1. The number of primary amides is 1. The molecule has 0 radical (unpaired) electrons. The molecule has 0 saturated heterocycles. The van der Waals surface area contributed by atoms with Gasteiger partial charge < -0.3 is 25.2 Å². The van der Waals surface area contributed by atoms with Gasteiger partial charge in [0.1, 0.15) is 25.2 Å². The van der Waals surface area contributed by atoms with Crippen LogP contribution in [-0.4, -0.2) is 52.6 Å². The van der Waals surface area contributed by atoms with Crippen LogP contribution in [0.3, 0.4) is 0 Å². The van der Waals surface area contributed by atoms with Gasteiger partial charge in [0.15, 0.2) is 0 Å². The number of esters is 1. The standard InChI is InChI=1S/C35H35N3O7/c36-33(41)30(38(24-32(39)40)29-19-11-4-12-20-29)21-31(34(42)45-35(43)44-25-28-17-9-3-10-18-28)37(22-26-13-5-1-6-14-26)23-27-15-7-2-8-16-27/h1-20,30-31H,21-25H2,(H2,36,41)(H,39,40)/t30?,31-/m0/s1. The van der Waals surface area contributed by atoms with Crippen molar-refractivity contribution in [2.24, 2.45) is 5.73 Å². The van der Waals surface area contributed by atoms with E-state index in [2.05, 4.69) is 0 Å². The molecule has 4 aromatic carbocycles. The zero-order chi connectivity index (χ0) is 32.0. The number of carbonyl (C=O) groups excluding carboxylic acids is 3. The number of rotatable bonds is 15. The number of amides is 1. The minimum Gasteiger partial charge on any atom is -0.480 e. The van der Waals surface area contributed by atoms with Gasteiger partial charge in [-0.25, -0.2) is 9.59 Å². The Morgan fingerprint density at radius 2 is 1.13 bits per heavy atom. The lowest BCUT2D eigenvalue weighted by atomic mass is 10.0. The molecule has 1 amide bonds. The second-order valence-corrected chi connectivity index (χ2v) is 10.3. The number of carboxylic acid groups (broad SMARTS) is 1. The number of carbonyl (C=O) groups is 4. The molecular formula is C35H35N3O7. The second-order valence-electron chi connectivity index (χ2n) is 10.3. The van der Waals surface area contributed by atoms with Crippen LogP contribution in [0.2, 0.25) is 0 Å². The van der Waals surface area contributed by atoms with Gasteiger partial charge in [-0.1, -0.05) is 109 Å². The molecule has 45 heavy (non-hydrogen) atoms. The minimum atomic E-state index is -1.25. The highest BCUT2D eigenvalue weighted by molar-refractivity contribution is 5.89. The summed E-state index contributed by atoms with van der Waals surface area (Å²) in [6, 6.07) is 33.7. The molecule has 4 rings (SSSR count). The Morgan fingerprint density at radius 3 is 1.60 bits per heavy atom. The molecule has 0 aliphatic heterocycles. The Bertz CT molecular complexity index is 1500. The van der Waals surface area contributed by atoms with E-state index < -0.39 is 42.6 Å².